The Bertz CT molecular complexity index is 573. The first-order valence-corrected chi connectivity index (χ1v) is 8.22. The molecule has 0 aliphatic carbocycles. The number of hydrogen-bond donors (Lipinski definition) is 1. The van der Waals surface area contributed by atoms with Crippen molar-refractivity contribution in [3.05, 3.63) is 53.1 Å². The number of nitrogens with one attached hydrogen (secondary N) is 1. The summed E-state index contributed by atoms with van der Waals surface area (Å²) in [5.41, 5.74) is 3.38. The van der Waals surface area contributed by atoms with Crippen LogP contribution in [0.15, 0.2) is 47.4 Å². The van der Waals surface area contributed by atoms with Crippen LogP contribution in [0, 0.1) is 0 Å². The van der Waals surface area contributed by atoms with Crippen molar-refractivity contribution in [3.63, 3.8) is 0 Å². The normalized spacial score (nSPS) is 10.4. The molecule has 20 heavy (non-hydrogen) atoms. The molecule has 2 aromatic rings. The van der Waals surface area contributed by atoms with Crippen molar-refractivity contribution in [2.45, 2.75) is 11.4 Å². The SMILES string of the molecule is CNc1ccc(CN(C)c2cc(Cl)ccc2SCl)cc1. The Hall–Kier alpha value is -1.03. The van der Waals surface area contributed by atoms with Gasteiger partial charge in [0.05, 0.1) is 5.69 Å². The molecular formula is C15H16Cl2N2S. The van der Waals surface area contributed by atoms with Gasteiger partial charge >= 0.3 is 0 Å². The van der Waals surface area contributed by atoms with E-state index in [1.165, 1.54) is 16.5 Å². The average Bonchev–Trinajstić information content (AvgIpc) is 2.48. The van der Waals surface area contributed by atoms with Crippen molar-refractivity contribution in [2.24, 2.45) is 0 Å². The second-order valence-electron chi connectivity index (χ2n) is 4.49. The van der Waals surface area contributed by atoms with Crippen LogP contribution in [-0.4, -0.2) is 14.1 Å². The Morgan fingerprint density at radius 3 is 2.45 bits per heavy atom. The van der Waals surface area contributed by atoms with Crippen LogP contribution in [0.1, 0.15) is 5.56 Å². The third kappa shape index (κ3) is 3.75. The molecule has 1 N–H and O–H groups in total. The van der Waals surface area contributed by atoms with Crippen LogP contribution < -0.4 is 10.2 Å². The van der Waals surface area contributed by atoms with Gasteiger partial charge in [0.1, 0.15) is 0 Å². The van der Waals surface area contributed by atoms with E-state index >= 15 is 0 Å². The molecule has 0 atom stereocenters. The second kappa shape index (κ2) is 7.11. The Kier molecular flexibility index (Phi) is 5.46. The summed E-state index contributed by atoms with van der Waals surface area (Å²) >= 11 is 6.07. The first-order chi connectivity index (χ1) is 9.63. The Labute approximate surface area is 133 Å². The van der Waals surface area contributed by atoms with Crippen LogP contribution in [0.4, 0.5) is 11.4 Å². The largest absolute Gasteiger partial charge is 0.388 e. The van der Waals surface area contributed by atoms with E-state index in [2.05, 4.69) is 34.5 Å². The molecule has 0 aromatic heterocycles. The smallest absolute Gasteiger partial charge is 0.0532 e. The topological polar surface area (TPSA) is 15.3 Å². The Morgan fingerprint density at radius 2 is 1.85 bits per heavy atom. The maximum absolute atomic E-state index is 6.07. The molecule has 5 heteroatoms. The highest BCUT2D eigenvalue weighted by atomic mass is 35.7. The van der Waals surface area contributed by atoms with E-state index in [1.807, 2.05) is 32.3 Å². The van der Waals surface area contributed by atoms with Gasteiger partial charge in [-0.05, 0) is 57.6 Å². The lowest BCUT2D eigenvalue weighted by molar-refractivity contribution is 0.910. The van der Waals surface area contributed by atoms with Crippen molar-refractivity contribution in [3.8, 4) is 0 Å². The van der Waals surface area contributed by atoms with E-state index in [9.17, 15) is 0 Å². The Morgan fingerprint density at radius 1 is 1.15 bits per heavy atom. The molecule has 0 bridgehead atoms. The maximum atomic E-state index is 6.07. The molecule has 106 valence electrons. The van der Waals surface area contributed by atoms with Crippen LogP contribution in [0.5, 0.6) is 0 Å². The van der Waals surface area contributed by atoms with Gasteiger partial charge in [0.15, 0.2) is 0 Å². The van der Waals surface area contributed by atoms with E-state index in [0.717, 1.165) is 22.8 Å². The minimum absolute atomic E-state index is 0.715. The van der Waals surface area contributed by atoms with Crippen molar-refractivity contribution in [2.75, 3.05) is 24.3 Å². The van der Waals surface area contributed by atoms with Crippen molar-refractivity contribution < 1.29 is 0 Å². The lowest BCUT2D eigenvalue weighted by Gasteiger charge is -2.22. The average molecular weight is 327 g/mol. The second-order valence-corrected chi connectivity index (χ2v) is 5.99. The van der Waals surface area contributed by atoms with Gasteiger partial charge in [-0.1, -0.05) is 23.7 Å². The third-order valence-electron chi connectivity index (χ3n) is 3.08. The van der Waals surface area contributed by atoms with E-state index in [0.29, 0.717) is 5.02 Å². The maximum Gasteiger partial charge on any atom is 0.0532 e. The van der Waals surface area contributed by atoms with Gasteiger partial charge in [-0.25, -0.2) is 0 Å². The van der Waals surface area contributed by atoms with E-state index in [1.54, 1.807) is 0 Å². The number of hydrogen-bond acceptors (Lipinski definition) is 3. The fraction of sp³-hybridized carbons (Fsp3) is 0.200. The lowest BCUT2D eigenvalue weighted by atomic mass is 10.2. The summed E-state index contributed by atoms with van der Waals surface area (Å²) in [6.45, 7) is 0.800. The predicted octanol–water partition coefficient (Wildman–Crippen LogP) is 5.26. The van der Waals surface area contributed by atoms with Crippen LogP contribution in [-0.2, 0) is 6.54 Å². The number of halogens is 2. The summed E-state index contributed by atoms with van der Waals surface area (Å²) in [7, 11) is 11.1. The molecule has 0 saturated carbocycles. The predicted molar refractivity (Wildman–Crippen MR) is 91.3 cm³/mol. The zero-order valence-electron chi connectivity index (χ0n) is 11.4. The van der Waals surface area contributed by atoms with Crippen molar-refractivity contribution in [1.82, 2.24) is 0 Å². The summed E-state index contributed by atoms with van der Waals surface area (Å²) in [4.78, 5) is 3.15. The summed E-state index contributed by atoms with van der Waals surface area (Å²) in [5.74, 6) is 0. The molecule has 0 spiro atoms. The van der Waals surface area contributed by atoms with Crippen molar-refractivity contribution in [1.29, 1.82) is 0 Å². The van der Waals surface area contributed by atoms with Gasteiger partial charge in [0.25, 0.3) is 0 Å². The molecule has 0 aliphatic heterocycles. The number of nitrogens with zero attached hydrogens (tertiary/aromatic N) is 1. The summed E-state index contributed by atoms with van der Waals surface area (Å²) in [6, 6.07) is 14.1. The van der Waals surface area contributed by atoms with E-state index in [-0.39, 0.29) is 0 Å². The number of rotatable bonds is 5. The van der Waals surface area contributed by atoms with Crippen molar-refractivity contribution >= 4 is 44.6 Å². The quantitative estimate of drug-likeness (QED) is 0.806. The zero-order valence-corrected chi connectivity index (χ0v) is 13.7. The molecule has 0 fully saturated rings. The van der Waals surface area contributed by atoms with Crippen LogP contribution >= 0.6 is 33.3 Å². The standard InChI is InChI=1S/C15H16Cl2N2S/c1-18-13-6-3-11(4-7-13)10-19(2)14-9-12(16)5-8-15(14)20-17/h3-9,18H,10H2,1-2H3. The first-order valence-electron chi connectivity index (χ1n) is 6.20. The van der Waals surface area contributed by atoms with Gasteiger partial charge in [-0.2, -0.15) is 0 Å². The highest BCUT2D eigenvalue weighted by Gasteiger charge is 2.09. The molecule has 2 aromatic carbocycles. The molecular weight excluding hydrogens is 311 g/mol. The third-order valence-corrected chi connectivity index (χ3v) is 4.32. The van der Waals surface area contributed by atoms with Gasteiger partial charge in [-0.15, -0.1) is 0 Å². The minimum Gasteiger partial charge on any atom is -0.388 e. The number of anilines is 2. The first kappa shape index (κ1) is 15.4. The number of benzene rings is 2. The van der Waals surface area contributed by atoms with Crippen LogP contribution in [0.3, 0.4) is 0 Å². The molecule has 0 heterocycles. The minimum atomic E-state index is 0.715. The molecule has 0 saturated heterocycles. The molecule has 2 rings (SSSR count). The highest BCUT2D eigenvalue weighted by molar-refractivity contribution is 8.21. The monoisotopic (exact) mass is 326 g/mol. The molecule has 0 amide bonds. The molecule has 2 nitrogen and oxygen atoms in total. The highest BCUT2D eigenvalue weighted by Crippen LogP contribution is 2.34. The lowest BCUT2D eigenvalue weighted by Crippen LogP contribution is -2.17. The van der Waals surface area contributed by atoms with Gasteiger partial charge in [-0.3, -0.25) is 0 Å². The summed E-state index contributed by atoms with van der Waals surface area (Å²) < 4.78 is 0. The summed E-state index contributed by atoms with van der Waals surface area (Å²) in [5, 5.41) is 3.83. The van der Waals surface area contributed by atoms with Gasteiger partial charge in [0, 0.05) is 36.2 Å². The summed E-state index contributed by atoms with van der Waals surface area (Å²) in [6.07, 6.45) is 0. The molecule has 0 radical (unpaired) electrons. The fourth-order valence-corrected chi connectivity index (χ4v) is 2.96. The van der Waals surface area contributed by atoms with Crippen LogP contribution in [0.2, 0.25) is 5.02 Å². The zero-order chi connectivity index (χ0) is 14.5. The molecule has 0 aliphatic rings. The fourth-order valence-electron chi connectivity index (χ4n) is 1.99. The van der Waals surface area contributed by atoms with Crippen LogP contribution in [0.25, 0.3) is 0 Å². The van der Waals surface area contributed by atoms with E-state index in [4.69, 9.17) is 22.3 Å². The Balaban J connectivity index is 2.18. The van der Waals surface area contributed by atoms with Gasteiger partial charge in [0.2, 0.25) is 0 Å². The van der Waals surface area contributed by atoms with Gasteiger partial charge < -0.3 is 10.2 Å². The molecule has 0 unspecified atom stereocenters. The van der Waals surface area contributed by atoms with E-state index < -0.39 is 0 Å².